The summed E-state index contributed by atoms with van der Waals surface area (Å²) in [5, 5.41) is 8.52. The van der Waals surface area contributed by atoms with Crippen LogP contribution in [-0.2, 0) is 21.6 Å². The van der Waals surface area contributed by atoms with Gasteiger partial charge >= 0.3 is 0 Å². The third kappa shape index (κ3) is 4.38. The Balaban J connectivity index is 1.11. The summed E-state index contributed by atoms with van der Waals surface area (Å²) in [6, 6.07) is 2.72. The lowest BCUT2D eigenvalue weighted by molar-refractivity contribution is -0.128. The van der Waals surface area contributed by atoms with Crippen molar-refractivity contribution in [3.63, 3.8) is 0 Å². The molecular weight excluding hydrogens is 540 g/mol. The highest BCUT2D eigenvalue weighted by molar-refractivity contribution is 5.87. The molecular formula is C31H39F2N7O2. The number of anilines is 2. The minimum absolute atomic E-state index is 0.0153. The van der Waals surface area contributed by atoms with E-state index in [0.29, 0.717) is 50.0 Å². The Morgan fingerprint density at radius 1 is 1.17 bits per heavy atom. The molecule has 2 aromatic heterocycles. The monoisotopic (exact) mass is 579 g/mol. The van der Waals surface area contributed by atoms with Gasteiger partial charge in [-0.25, -0.2) is 13.8 Å². The molecule has 7 heterocycles. The molecule has 1 amide bonds. The Bertz CT molecular complexity index is 1390. The predicted molar refractivity (Wildman–Crippen MR) is 155 cm³/mol. The summed E-state index contributed by atoms with van der Waals surface area (Å²) in [7, 11) is 0. The number of halogens is 2. The van der Waals surface area contributed by atoms with Crippen LogP contribution in [-0.4, -0.2) is 88.8 Å². The minimum atomic E-state index is -2.62. The Morgan fingerprint density at radius 2 is 1.93 bits per heavy atom. The highest BCUT2D eigenvalue weighted by atomic mass is 19.3. The Hall–Kier alpha value is -3.18. The number of amides is 1. The first-order valence-corrected chi connectivity index (χ1v) is 15.3. The predicted octanol–water partition coefficient (Wildman–Crippen LogP) is 3.93. The molecule has 42 heavy (non-hydrogen) atoms. The van der Waals surface area contributed by atoms with E-state index in [1.165, 1.54) is 6.08 Å². The third-order valence-corrected chi connectivity index (χ3v) is 10.3. The fourth-order valence-corrected chi connectivity index (χ4v) is 8.11. The van der Waals surface area contributed by atoms with Crippen LogP contribution in [0.5, 0.6) is 0 Å². The number of aromatic nitrogens is 3. The summed E-state index contributed by atoms with van der Waals surface area (Å²) >= 11 is 0. The first-order valence-electron chi connectivity index (χ1n) is 15.3. The van der Waals surface area contributed by atoms with Crippen LogP contribution < -0.4 is 9.80 Å². The summed E-state index contributed by atoms with van der Waals surface area (Å²) in [4.78, 5) is 25.5. The van der Waals surface area contributed by atoms with E-state index in [1.54, 1.807) is 6.20 Å². The Labute approximate surface area is 245 Å². The number of piperazine rings is 1. The van der Waals surface area contributed by atoms with Crippen LogP contribution in [0.15, 0.2) is 24.9 Å². The van der Waals surface area contributed by atoms with Gasteiger partial charge in [0.25, 0.3) is 6.43 Å². The van der Waals surface area contributed by atoms with Gasteiger partial charge in [0.2, 0.25) is 5.91 Å². The van der Waals surface area contributed by atoms with E-state index < -0.39 is 12.0 Å². The molecule has 0 aliphatic carbocycles. The van der Waals surface area contributed by atoms with Crippen molar-refractivity contribution < 1.29 is 18.3 Å². The average Bonchev–Trinajstić information content (AvgIpc) is 3.17. The van der Waals surface area contributed by atoms with Crippen LogP contribution in [0, 0.1) is 6.92 Å². The number of hydrogen-bond donors (Lipinski definition) is 0. The molecule has 0 bridgehead atoms. The quantitative estimate of drug-likeness (QED) is 0.505. The van der Waals surface area contributed by atoms with Gasteiger partial charge in [-0.3, -0.25) is 9.69 Å². The molecule has 0 aromatic carbocycles. The smallest absolute Gasteiger partial charge is 0.280 e. The number of nitrogens with zero attached hydrogens (tertiary/aromatic N) is 7. The number of carbonyl (C=O) groups is 1. The molecule has 3 atom stereocenters. The fraction of sp³-hybridized carbons (Fsp3) is 0.613. The summed E-state index contributed by atoms with van der Waals surface area (Å²) in [5.41, 5.74) is 4.31. The number of alkyl halides is 2. The number of aryl methyl sites for hydroxylation is 1. The Morgan fingerprint density at radius 3 is 2.64 bits per heavy atom. The topological polar surface area (TPSA) is 77.9 Å². The van der Waals surface area contributed by atoms with Crippen LogP contribution in [0.1, 0.15) is 73.2 Å². The molecule has 11 heteroatoms. The lowest BCUT2D eigenvalue weighted by Crippen LogP contribution is -2.69. The van der Waals surface area contributed by atoms with Crippen molar-refractivity contribution >= 4 is 17.4 Å². The number of hydrogen-bond acceptors (Lipinski definition) is 8. The van der Waals surface area contributed by atoms with Crippen molar-refractivity contribution in [1.29, 1.82) is 0 Å². The molecule has 1 spiro atoms. The number of rotatable bonds is 4. The van der Waals surface area contributed by atoms with E-state index in [1.807, 2.05) is 11.8 Å². The van der Waals surface area contributed by atoms with Crippen molar-refractivity contribution in [3.05, 3.63) is 53.0 Å². The van der Waals surface area contributed by atoms with Crippen molar-refractivity contribution in [2.75, 3.05) is 55.6 Å². The molecule has 0 saturated carbocycles. The van der Waals surface area contributed by atoms with Gasteiger partial charge < -0.3 is 19.4 Å². The highest BCUT2D eigenvalue weighted by Crippen LogP contribution is 2.50. The molecule has 0 radical (unpaired) electrons. The zero-order valence-electron chi connectivity index (χ0n) is 24.4. The molecule has 2 aromatic rings. The van der Waals surface area contributed by atoms with Gasteiger partial charge in [-0.15, -0.1) is 0 Å². The number of carbonyl (C=O) groups excluding carboxylic acids is 1. The first kappa shape index (κ1) is 27.6. The van der Waals surface area contributed by atoms with Crippen LogP contribution in [0.25, 0.3) is 0 Å². The van der Waals surface area contributed by atoms with E-state index >= 15 is 0 Å². The van der Waals surface area contributed by atoms with Crippen molar-refractivity contribution in [1.82, 2.24) is 25.0 Å². The summed E-state index contributed by atoms with van der Waals surface area (Å²) < 4.78 is 35.5. The Kier molecular flexibility index (Phi) is 6.92. The van der Waals surface area contributed by atoms with Gasteiger partial charge in [0.1, 0.15) is 17.6 Å². The van der Waals surface area contributed by atoms with Gasteiger partial charge in [0.15, 0.2) is 0 Å². The molecule has 1 unspecified atom stereocenters. The zero-order valence-corrected chi connectivity index (χ0v) is 24.4. The van der Waals surface area contributed by atoms with Crippen molar-refractivity contribution in [3.8, 4) is 0 Å². The molecule has 7 rings (SSSR count). The van der Waals surface area contributed by atoms with Crippen molar-refractivity contribution in [2.45, 2.75) is 76.2 Å². The van der Waals surface area contributed by atoms with E-state index in [2.05, 4.69) is 49.5 Å². The maximum absolute atomic E-state index is 14.5. The molecule has 5 aliphatic heterocycles. The maximum Gasteiger partial charge on any atom is 0.280 e. The average molecular weight is 580 g/mol. The van der Waals surface area contributed by atoms with Gasteiger partial charge in [0.05, 0.1) is 17.5 Å². The van der Waals surface area contributed by atoms with E-state index in [-0.39, 0.29) is 23.7 Å². The van der Waals surface area contributed by atoms with Crippen LogP contribution in [0.3, 0.4) is 0 Å². The largest absolute Gasteiger partial charge is 0.365 e. The van der Waals surface area contributed by atoms with Crippen molar-refractivity contribution in [2.24, 2.45) is 0 Å². The van der Waals surface area contributed by atoms with Gasteiger partial charge in [0, 0.05) is 80.8 Å². The van der Waals surface area contributed by atoms with Gasteiger partial charge in [-0.1, -0.05) is 6.58 Å². The molecule has 0 N–H and O–H groups in total. The molecule has 224 valence electrons. The molecule has 3 saturated heterocycles. The minimum Gasteiger partial charge on any atom is -0.365 e. The van der Waals surface area contributed by atoms with E-state index in [0.717, 1.165) is 67.8 Å². The fourth-order valence-electron chi connectivity index (χ4n) is 8.11. The lowest BCUT2D eigenvalue weighted by Gasteiger charge is -2.55. The third-order valence-electron chi connectivity index (χ3n) is 10.3. The van der Waals surface area contributed by atoms with Gasteiger partial charge in [-0.05, 0) is 57.6 Å². The van der Waals surface area contributed by atoms with Gasteiger partial charge in [-0.2, -0.15) is 10.2 Å². The summed E-state index contributed by atoms with van der Waals surface area (Å²) in [6.07, 6.45) is 4.39. The second-order valence-corrected chi connectivity index (χ2v) is 12.4. The second-order valence-electron chi connectivity index (χ2n) is 12.4. The lowest BCUT2D eigenvalue weighted by atomic mass is 9.83. The van der Waals surface area contributed by atoms with E-state index in [4.69, 9.17) is 4.74 Å². The van der Waals surface area contributed by atoms with E-state index in [9.17, 15) is 13.6 Å². The second kappa shape index (κ2) is 10.5. The highest BCUT2D eigenvalue weighted by Gasteiger charge is 2.49. The number of ether oxygens (including phenoxy) is 1. The SMILES string of the molecule is C=CC(=O)N1CCN([C@@H]2CN3c4cc(N5CCC6(CC5)O[C@H](C)c5nncc(C)c56)nc(C(F)F)c4CCCC23)CC1. The van der Waals surface area contributed by atoms with Crippen LogP contribution in [0.2, 0.25) is 0 Å². The molecule has 9 nitrogen and oxygen atoms in total. The summed E-state index contributed by atoms with van der Waals surface area (Å²) in [6.45, 7) is 12.9. The standard InChI is InChI=1S/C31H39F2N7O2/c1-4-26(41)39-14-12-37(13-15-39)24-18-40-22(24)7-5-6-21-23(40)16-25(35-29(21)30(32)33)38-10-8-31(9-11-38)27-19(2)17-34-36-28(27)20(3)42-31/h4,16-17,20,22,24,30H,1,5-15,18H2,2-3H3/t20-,22?,24-/m1/s1. The number of pyridine rings is 1. The normalized spacial score (nSPS) is 26.9. The maximum atomic E-state index is 14.5. The first-order chi connectivity index (χ1) is 20.3. The zero-order chi connectivity index (χ0) is 29.2. The molecule has 5 aliphatic rings. The molecule has 3 fully saturated rings. The van der Waals surface area contributed by atoms with Crippen LogP contribution in [0.4, 0.5) is 20.3 Å². The number of fused-ring (bicyclic) bond motifs is 5. The van der Waals surface area contributed by atoms with Crippen LogP contribution >= 0.6 is 0 Å². The number of piperidine rings is 1. The summed E-state index contributed by atoms with van der Waals surface area (Å²) in [5.74, 6) is 0.619.